The van der Waals surface area contributed by atoms with Crippen LogP contribution >= 0.6 is 0 Å². The van der Waals surface area contributed by atoms with Crippen LogP contribution in [0.2, 0.25) is 0 Å². The fourth-order valence-corrected chi connectivity index (χ4v) is 1.45. The van der Waals surface area contributed by atoms with Crippen LogP contribution in [0.3, 0.4) is 0 Å². The van der Waals surface area contributed by atoms with Gasteiger partial charge in [-0.15, -0.1) is 0 Å². The molecule has 0 atom stereocenters. The molecule has 0 aliphatic heterocycles. The quantitative estimate of drug-likeness (QED) is 0.691. The van der Waals surface area contributed by atoms with Crippen molar-refractivity contribution < 1.29 is 9.21 Å². The maximum atomic E-state index is 11.6. The third kappa shape index (κ3) is 5.01. The standard InChI is InChI=1S/C12H21N3O2/c1-15(2)8-4-3-7-14-12(16)11-6-5-10(9-13)17-11/h5-6H,3-4,7-9,13H2,1-2H3,(H,14,16). The van der Waals surface area contributed by atoms with Gasteiger partial charge >= 0.3 is 0 Å². The van der Waals surface area contributed by atoms with Crippen molar-refractivity contribution in [2.45, 2.75) is 19.4 Å². The molecule has 0 bridgehead atoms. The third-order valence-corrected chi connectivity index (χ3v) is 2.40. The Kier molecular flexibility index (Phi) is 5.72. The van der Waals surface area contributed by atoms with E-state index in [1.54, 1.807) is 12.1 Å². The summed E-state index contributed by atoms with van der Waals surface area (Å²) in [6.07, 6.45) is 2.04. The fourth-order valence-electron chi connectivity index (χ4n) is 1.45. The van der Waals surface area contributed by atoms with E-state index in [2.05, 4.69) is 10.2 Å². The van der Waals surface area contributed by atoms with Crippen LogP contribution in [0.4, 0.5) is 0 Å². The fraction of sp³-hybridized carbons (Fsp3) is 0.583. The van der Waals surface area contributed by atoms with Crippen molar-refractivity contribution in [2.75, 3.05) is 27.2 Å². The Balaban J connectivity index is 2.21. The lowest BCUT2D eigenvalue weighted by molar-refractivity contribution is 0.0923. The van der Waals surface area contributed by atoms with E-state index in [1.807, 2.05) is 14.1 Å². The maximum absolute atomic E-state index is 11.6. The Labute approximate surface area is 102 Å². The molecule has 1 heterocycles. The second-order valence-electron chi connectivity index (χ2n) is 4.24. The number of carbonyl (C=O) groups excluding carboxylic acids is 1. The zero-order valence-corrected chi connectivity index (χ0v) is 10.5. The lowest BCUT2D eigenvalue weighted by Gasteiger charge is -2.08. The number of nitrogens with one attached hydrogen (secondary N) is 1. The van der Waals surface area contributed by atoms with Gasteiger partial charge in [0.05, 0.1) is 6.54 Å². The molecule has 17 heavy (non-hydrogen) atoms. The van der Waals surface area contributed by atoms with Gasteiger partial charge in [0, 0.05) is 6.54 Å². The van der Waals surface area contributed by atoms with Crippen LogP contribution in [0.1, 0.15) is 29.2 Å². The SMILES string of the molecule is CN(C)CCCCNC(=O)c1ccc(CN)o1. The van der Waals surface area contributed by atoms with Gasteiger partial charge in [-0.05, 0) is 45.6 Å². The van der Waals surface area contributed by atoms with Crippen molar-refractivity contribution >= 4 is 5.91 Å². The summed E-state index contributed by atoms with van der Waals surface area (Å²) in [5.74, 6) is 0.787. The summed E-state index contributed by atoms with van der Waals surface area (Å²) in [4.78, 5) is 13.7. The average molecular weight is 239 g/mol. The van der Waals surface area contributed by atoms with Crippen molar-refractivity contribution in [2.24, 2.45) is 5.73 Å². The number of rotatable bonds is 7. The first-order chi connectivity index (χ1) is 8.13. The number of hydrogen-bond acceptors (Lipinski definition) is 4. The highest BCUT2D eigenvalue weighted by molar-refractivity contribution is 5.91. The second kappa shape index (κ2) is 7.09. The van der Waals surface area contributed by atoms with Gasteiger partial charge in [0.15, 0.2) is 5.76 Å². The molecule has 0 radical (unpaired) electrons. The van der Waals surface area contributed by atoms with Gasteiger partial charge in [-0.2, -0.15) is 0 Å². The van der Waals surface area contributed by atoms with Crippen LogP contribution in [-0.4, -0.2) is 38.0 Å². The van der Waals surface area contributed by atoms with E-state index < -0.39 is 0 Å². The largest absolute Gasteiger partial charge is 0.455 e. The number of unbranched alkanes of at least 4 members (excludes halogenated alkanes) is 1. The molecule has 3 N–H and O–H groups in total. The Bertz CT molecular complexity index is 347. The van der Waals surface area contributed by atoms with Crippen LogP contribution in [0.25, 0.3) is 0 Å². The molecule has 0 saturated carbocycles. The summed E-state index contributed by atoms with van der Waals surface area (Å²) in [5, 5.41) is 2.82. The van der Waals surface area contributed by atoms with Crippen LogP contribution in [-0.2, 0) is 6.54 Å². The lowest BCUT2D eigenvalue weighted by atomic mass is 10.3. The molecule has 0 fully saturated rings. The average Bonchev–Trinajstić information content (AvgIpc) is 2.76. The summed E-state index contributed by atoms with van der Waals surface area (Å²) in [6.45, 7) is 2.02. The molecule has 5 heteroatoms. The molecule has 0 spiro atoms. The topological polar surface area (TPSA) is 71.5 Å². The molecular weight excluding hydrogens is 218 g/mol. The molecular formula is C12H21N3O2. The second-order valence-corrected chi connectivity index (χ2v) is 4.24. The molecule has 1 aromatic heterocycles. The molecule has 0 aliphatic rings. The molecule has 0 aromatic carbocycles. The molecule has 5 nitrogen and oxygen atoms in total. The van der Waals surface area contributed by atoms with Gasteiger partial charge in [-0.3, -0.25) is 4.79 Å². The summed E-state index contributed by atoms with van der Waals surface area (Å²) >= 11 is 0. The van der Waals surface area contributed by atoms with Gasteiger partial charge in [0.1, 0.15) is 5.76 Å². The summed E-state index contributed by atoms with van der Waals surface area (Å²) in [6, 6.07) is 3.37. The number of carbonyl (C=O) groups is 1. The van der Waals surface area contributed by atoms with Crippen LogP contribution in [0.5, 0.6) is 0 Å². The van der Waals surface area contributed by atoms with E-state index in [9.17, 15) is 4.79 Å². The third-order valence-electron chi connectivity index (χ3n) is 2.40. The minimum absolute atomic E-state index is 0.172. The molecule has 0 saturated heterocycles. The minimum Gasteiger partial charge on any atom is -0.455 e. The van der Waals surface area contributed by atoms with Crippen LogP contribution in [0.15, 0.2) is 16.5 Å². The van der Waals surface area contributed by atoms with E-state index in [0.717, 1.165) is 19.4 Å². The van der Waals surface area contributed by atoms with E-state index in [4.69, 9.17) is 10.2 Å². The van der Waals surface area contributed by atoms with Gasteiger partial charge < -0.3 is 20.4 Å². The van der Waals surface area contributed by atoms with E-state index in [1.165, 1.54) is 0 Å². The van der Waals surface area contributed by atoms with E-state index in [0.29, 0.717) is 24.6 Å². The highest BCUT2D eigenvalue weighted by Crippen LogP contribution is 2.06. The van der Waals surface area contributed by atoms with Crippen LogP contribution < -0.4 is 11.1 Å². The Morgan fingerprint density at radius 3 is 2.76 bits per heavy atom. The first-order valence-electron chi connectivity index (χ1n) is 5.85. The predicted molar refractivity (Wildman–Crippen MR) is 66.7 cm³/mol. The van der Waals surface area contributed by atoms with E-state index in [-0.39, 0.29) is 5.91 Å². The molecule has 0 aliphatic carbocycles. The van der Waals surface area contributed by atoms with Crippen molar-refractivity contribution in [3.05, 3.63) is 23.7 Å². The molecule has 1 rings (SSSR count). The van der Waals surface area contributed by atoms with Gasteiger partial charge in [-0.25, -0.2) is 0 Å². The lowest BCUT2D eigenvalue weighted by Crippen LogP contribution is -2.24. The van der Waals surface area contributed by atoms with Gasteiger partial charge in [0.2, 0.25) is 0 Å². The molecule has 1 amide bonds. The normalized spacial score (nSPS) is 10.8. The maximum Gasteiger partial charge on any atom is 0.286 e. The zero-order chi connectivity index (χ0) is 12.7. The molecule has 0 unspecified atom stereocenters. The highest BCUT2D eigenvalue weighted by Gasteiger charge is 2.09. The predicted octanol–water partition coefficient (Wildman–Crippen LogP) is 0.810. The zero-order valence-electron chi connectivity index (χ0n) is 10.5. The van der Waals surface area contributed by atoms with Crippen molar-refractivity contribution in [1.82, 2.24) is 10.2 Å². The minimum atomic E-state index is -0.172. The van der Waals surface area contributed by atoms with Gasteiger partial charge in [0.25, 0.3) is 5.91 Å². The molecule has 1 aromatic rings. The Morgan fingerprint density at radius 2 is 2.18 bits per heavy atom. The first kappa shape index (κ1) is 13.7. The number of furan rings is 1. The Morgan fingerprint density at radius 1 is 1.41 bits per heavy atom. The summed E-state index contributed by atoms with van der Waals surface area (Å²) in [5.41, 5.74) is 5.40. The number of amides is 1. The van der Waals surface area contributed by atoms with Gasteiger partial charge in [-0.1, -0.05) is 0 Å². The van der Waals surface area contributed by atoms with Crippen LogP contribution in [0, 0.1) is 0 Å². The highest BCUT2D eigenvalue weighted by atomic mass is 16.4. The van der Waals surface area contributed by atoms with Crippen molar-refractivity contribution in [1.29, 1.82) is 0 Å². The van der Waals surface area contributed by atoms with E-state index >= 15 is 0 Å². The van der Waals surface area contributed by atoms with Crippen molar-refractivity contribution in [3.8, 4) is 0 Å². The Hall–Kier alpha value is -1.33. The number of nitrogens with zero attached hydrogens (tertiary/aromatic N) is 1. The molecule has 96 valence electrons. The monoisotopic (exact) mass is 239 g/mol. The smallest absolute Gasteiger partial charge is 0.286 e. The summed E-state index contributed by atoms with van der Waals surface area (Å²) in [7, 11) is 4.07. The first-order valence-corrected chi connectivity index (χ1v) is 5.85. The summed E-state index contributed by atoms with van der Waals surface area (Å²) < 4.78 is 5.24. The van der Waals surface area contributed by atoms with Crippen molar-refractivity contribution in [3.63, 3.8) is 0 Å². The number of nitrogens with two attached hydrogens (primary N) is 1. The number of hydrogen-bond donors (Lipinski definition) is 2.